The molecular weight excluding hydrogens is 160 g/mol. The first kappa shape index (κ1) is 8.99. The molecular formula is C7H12N2O3. The quantitative estimate of drug-likeness (QED) is 0.524. The van der Waals surface area contributed by atoms with Crippen LogP contribution in [0.3, 0.4) is 0 Å². The van der Waals surface area contributed by atoms with Crippen LogP contribution in [-0.2, 0) is 9.59 Å². The Morgan fingerprint density at radius 3 is 2.92 bits per heavy atom. The monoisotopic (exact) mass is 172 g/mol. The summed E-state index contributed by atoms with van der Waals surface area (Å²) >= 11 is 0. The van der Waals surface area contributed by atoms with Crippen LogP contribution >= 0.6 is 0 Å². The molecule has 0 aromatic heterocycles. The third kappa shape index (κ3) is 2.20. The number of hydrogen-bond donors (Lipinski definition) is 2. The van der Waals surface area contributed by atoms with Gasteiger partial charge in [0.15, 0.2) is 0 Å². The van der Waals surface area contributed by atoms with Crippen molar-refractivity contribution >= 4 is 11.8 Å². The number of nitrogens with one attached hydrogen (secondary N) is 1. The van der Waals surface area contributed by atoms with Crippen molar-refractivity contribution < 1.29 is 14.8 Å². The van der Waals surface area contributed by atoms with E-state index in [1.165, 1.54) is 6.92 Å². The Bertz CT molecular complexity index is 205. The summed E-state index contributed by atoms with van der Waals surface area (Å²) in [6.07, 6.45) is 0.803. The molecule has 1 aliphatic rings. The summed E-state index contributed by atoms with van der Waals surface area (Å²) in [5, 5.41) is 12.2. The van der Waals surface area contributed by atoms with Crippen molar-refractivity contribution in [3.05, 3.63) is 0 Å². The highest BCUT2D eigenvalue weighted by Crippen LogP contribution is 2.09. The van der Waals surface area contributed by atoms with Crippen LogP contribution < -0.4 is 5.32 Å². The van der Waals surface area contributed by atoms with E-state index < -0.39 is 0 Å². The number of piperidine rings is 1. The first-order valence-electron chi connectivity index (χ1n) is 3.86. The SMILES string of the molecule is CC(=O)NC1CCN(O)C(=O)C1. The van der Waals surface area contributed by atoms with Crippen molar-refractivity contribution in [1.29, 1.82) is 0 Å². The van der Waals surface area contributed by atoms with E-state index >= 15 is 0 Å². The van der Waals surface area contributed by atoms with E-state index in [1.54, 1.807) is 0 Å². The fourth-order valence-electron chi connectivity index (χ4n) is 1.23. The second kappa shape index (κ2) is 3.53. The Morgan fingerprint density at radius 2 is 2.42 bits per heavy atom. The lowest BCUT2D eigenvalue weighted by Gasteiger charge is -2.27. The highest BCUT2D eigenvalue weighted by atomic mass is 16.5. The predicted molar refractivity (Wildman–Crippen MR) is 40.3 cm³/mol. The number of nitrogens with zero attached hydrogens (tertiary/aromatic N) is 1. The Hall–Kier alpha value is -1.10. The maximum atomic E-state index is 10.9. The van der Waals surface area contributed by atoms with Gasteiger partial charge in [-0.05, 0) is 6.42 Å². The molecule has 2 amide bonds. The van der Waals surface area contributed by atoms with Gasteiger partial charge in [0.2, 0.25) is 11.8 Å². The minimum Gasteiger partial charge on any atom is -0.353 e. The number of carbonyl (C=O) groups excluding carboxylic acids is 2. The fourth-order valence-corrected chi connectivity index (χ4v) is 1.23. The van der Waals surface area contributed by atoms with Crippen molar-refractivity contribution in [2.24, 2.45) is 0 Å². The summed E-state index contributed by atoms with van der Waals surface area (Å²) in [5.74, 6) is -0.473. The van der Waals surface area contributed by atoms with E-state index in [2.05, 4.69) is 5.32 Å². The molecule has 5 nitrogen and oxygen atoms in total. The van der Waals surface area contributed by atoms with Gasteiger partial charge in [0, 0.05) is 19.4 Å². The molecule has 12 heavy (non-hydrogen) atoms. The van der Waals surface area contributed by atoms with Gasteiger partial charge in [0.1, 0.15) is 0 Å². The zero-order chi connectivity index (χ0) is 9.14. The first-order valence-corrected chi connectivity index (χ1v) is 3.86. The summed E-state index contributed by atoms with van der Waals surface area (Å²) in [7, 11) is 0. The van der Waals surface area contributed by atoms with Crippen molar-refractivity contribution in [1.82, 2.24) is 10.4 Å². The molecule has 2 N–H and O–H groups in total. The summed E-state index contributed by atoms with van der Waals surface area (Å²) < 4.78 is 0. The van der Waals surface area contributed by atoms with Crippen LogP contribution in [0.1, 0.15) is 19.8 Å². The van der Waals surface area contributed by atoms with E-state index in [9.17, 15) is 9.59 Å². The van der Waals surface area contributed by atoms with Gasteiger partial charge >= 0.3 is 0 Å². The zero-order valence-corrected chi connectivity index (χ0v) is 6.91. The normalized spacial score (nSPS) is 24.0. The number of rotatable bonds is 1. The highest BCUT2D eigenvalue weighted by Gasteiger charge is 2.24. The molecule has 1 fully saturated rings. The van der Waals surface area contributed by atoms with Crippen molar-refractivity contribution in [3.8, 4) is 0 Å². The molecule has 0 radical (unpaired) electrons. The smallest absolute Gasteiger partial charge is 0.247 e. The minimum atomic E-state index is -0.333. The number of carbonyl (C=O) groups is 2. The Morgan fingerprint density at radius 1 is 1.75 bits per heavy atom. The van der Waals surface area contributed by atoms with Gasteiger partial charge in [-0.15, -0.1) is 0 Å². The molecule has 0 aliphatic carbocycles. The van der Waals surface area contributed by atoms with Crippen LogP contribution in [0.15, 0.2) is 0 Å². The van der Waals surface area contributed by atoms with Gasteiger partial charge in [-0.3, -0.25) is 14.8 Å². The molecule has 0 bridgehead atoms. The van der Waals surface area contributed by atoms with Crippen LogP contribution in [-0.4, -0.2) is 34.7 Å². The number of hydroxylamine groups is 2. The molecule has 1 rings (SSSR count). The summed E-state index contributed by atoms with van der Waals surface area (Å²) in [5.41, 5.74) is 0. The Kier molecular flexibility index (Phi) is 2.65. The third-order valence-electron chi connectivity index (χ3n) is 1.81. The van der Waals surface area contributed by atoms with E-state index in [4.69, 9.17) is 5.21 Å². The second-order valence-corrected chi connectivity index (χ2v) is 2.91. The van der Waals surface area contributed by atoms with Crippen LogP contribution in [0.25, 0.3) is 0 Å². The molecule has 1 unspecified atom stereocenters. The van der Waals surface area contributed by atoms with Gasteiger partial charge in [-0.1, -0.05) is 0 Å². The van der Waals surface area contributed by atoms with Gasteiger partial charge in [0.25, 0.3) is 0 Å². The average molecular weight is 172 g/mol. The maximum Gasteiger partial charge on any atom is 0.247 e. The van der Waals surface area contributed by atoms with Gasteiger partial charge in [-0.25, -0.2) is 5.06 Å². The third-order valence-corrected chi connectivity index (χ3v) is 1.81. The lowest BCUT2D eigenvalue weighted by Crippen LogP contribution is -2.45. The standard InChI is InChI=1S/C7H12N2O3/c1-5(10)8-6-2-3-9(12)7(11)4-6/h6,12H,2-4H2,1H3,(H,8,10). The largest absolute Gasteiger partial charge is 0.353 e. The van der Waals surface area contributed by atoms with Crippen molar-refractivity contribution in [3.63, 3.8) is 0 Å². The molecule has 5 heteroatoms. The lowest BCUT2D eigenvalue weighted by molar-refractivity contribution is -0.171. The topological polar surface area (TPSA) is 69.6 Å². The average Bonchev–Trinajstić information content (AvgIpc) is 1.96. The van der Waals surface area contributed by atoms with Gasteiger partial charge < -0.3 is 5.32 Å². The first-order chi connectivity index (χ1) is 5.59. The maximum absolute atomic E-state index is 10.9. The minimum absolute atomic E-state index is 0.113. The molecule has 0 aromatic rings. The second-order valence-electron chi connectivity index (χ2n) is 2.91. The summed E-state index contributed by atoms with van der Waals surface area (Å²) in [6, 6.07) is -0.113. The van der Waals surface area contributed by atoms with Crippen molar-refractivity contribution in [2.75, 3.05) is 6.54 Å². The van der Waals surface area contributed by atoms with E-state index in [-0.39, 0.29) is 24.3 Å². The molecule has 1 saturated heterocycles. The van der Waals surface area contributed by atoms with Crippen molar-refractivity contribution in [2.45, 2.75) is 25.8 Å². The van der Waals surface area contributed by atoms with Crippen LogP contribution in [0.4, 0.5) is 0 Å². The molecule has 1 atom stereocenters. The number of amides is 2. The highest BCUT2D eigenvalue weighted by molar-refractivity contribution is 5.78. The Balaban J connectivity index is 2.40. The van der Waals surface area contributed by atoms with E-state index in [1.807, 2.05) is 0 Å². The molecule has 0 spiro atoms. The van der Waals surface area contributed by atoms with E-state index in [0.717, 1.165) is 0 Å². The molecule has 68 valence electrons. The lowest BCUT2D eigenvalue weighted by atomic mass is 10.1. The molecule has 0 saturated carbocycles. The fraction of sp³-hybridized carbons (Fsp3) is 0.714. The van der Waals surface area contributed by atoms with Crippen LogP contribution in [0.5, 0.6) is 0 Å². The van der Waals surface area contributed by atoms with Crippen LogP contribution in [0, 0.1) is 0 Å². The number of hydrogen-bond acceptors (Lipinski definition) is 3. The predicted octanol–water partition coefficient (Wildman–Crippen LogP) is -0.497. The van der Waals surface area contributed by atoms with Gasteiger partial charge in [-0.2, -0.15) is 0 Å². The van der Waals surface area contributed by atoms with Gasteiger partial charge in [0.05, 0.1) is 6.54 Å². The van der Waals surface area contributed by atoms with Crippen LogP contribution in [0.2, 0.25) is 0 Å². The summed E-state index contributed by atoms with van der Waals surface area (Å²) in [4.78, 5) is 21.5. The summed E-state index contributed by atoms with van der Waals surface area (Å²) in [6.45, 7) is 1.71. The van der Waals surface area contributed by atoms with E-state index in [0.29, 0.717) is 18.0 Å². The Labute approximate surface area is 70.3 Å². The molecule has 1 aliphatic heterocycles. The molecule has 1 heterocycles. The molecule has 0 aromatic carbocycles. The zero-order valence-electron chi connectivity index (χ0n) is 6.91.